The van der Waals surface area contributed by atoms with Crippen molar-refractivity contribution in [2.75, 3.05) is 11.4 Å². The van der Waals surface area contributed by atoms with Gasteiger partial charge in [-0.25, -0.2) is 0 Å². The summed E-state index contributed by atoms with van der Waals surface area (Å²) in [7, 11) is 0. The van der Waals surface area contributed by atoms with E-state index in [1.165, 1.54) is 11.8 Å². The van der Waals surface area contributed by atoms with Crippen LogP contribution in [0.2, 0.25) is 0 Å². The van der Waals surface area contributed by atoms with Gasteiger partial charge in [0.25, 0.3) is 0 Å². The van der Waals surface area contributed by atoms with Crippen LogP contribution in [0, 0.1) is 6.92 Å². The number of hydrogen-bond donors (Lipinski definition) is 1. The van der Waals surface area contributed by atoms with Crippen molar-refractivity contribution in [3.8, 4) is 0 Å². The molecule has 2 aromatic rings. The Kier molecular flexibility index (Phi) is 5.25. The number of rotatable bonds is 5. The van der Waals surface area contributed by atoms with Crippen LogP contribution in [0.4, 0.5) is 5.69 Å². The Morgan fingerprint density at radius 2 is 1.86 bits per heavy atom. The molecule has 22 heavy (non-hydrogen) atoms. The number of pyridine rings is 1. The molecule has 0 unspecified atom stereocenters. The summed E-state index contributed by atoms with van der Waals surface area (Å²) in [6.07, 6.45) is 1.68. The van der Waals surface area contributed by atoms with E-state index in [1.807, 2.05) is 49.4 Å². The van der Waals surface area contributed by atoms with Gasteiger partial charge in [0.05, 0.1) is 12.2 Å². The molecule has 5 nitrogen and oxygen atoms in total. The van der Waals surface area contributed by atoms with E-state index in [2.05, 4.69) is 10.3 Å². The Bertz CT molecular complexity index is 656. The van der Waals surface area contributed by atoms with Gasteiger partial charge in [-0.3, -0.25) is 14.6 Å². The summed E-state index contributed by atoms with van der Waals surface area (Å²) in [5, 5.41) is 2.78. The van der Waals surface area contributed by atoms with E-state index >= 15 is 0 Å². The summed E-state index contributed by atoms with van der Waals surface area (Å²) in [6.45, 7) is 3.71. The Balaban J connectivity index is 2.01. The normalized spacial score (nSPS) is 10.1. The fourth-order valence-corrected chi connectivity index (χ4v) is 2.12. The van der Waals surface area contributed by atoms with Crippen molar-refractivity contribution in [2.24, 2.45) is 0 Å². The van der Waals surface area contributed by atoms with Gasteiger partial charge in [0.1, 0.15) is 6.54 Å². The Morgan fingerprint density at radius 1 is 1.14 bits per heavy atom. The van der Waals surface area contributed by atoms with Gasteiger partial charge in [-0.1, -0.05) is 24.3 Å². The minimum Gasteiger partial charge on any atom is -0.349 e. The molecule has 2 rings (SSSR count). The summed E-state index contributed by atoms with van der Waals surface area (Å²) >= 11 is 0. The monoisotopic (exact) mass is 297 g/mol. The van der Waals surface area contributed by atoms with Gasteiger partial charge in [0.2, 0.25) is 11.8 Å². The van der Waals surface area contributed by atoms with Crippen molar-refractivity contribution >= 4 is 17.5 Å². The molecular weight excluding hydrogens is 278 g/mol. The first kappa shape index (κ1) is 15.7. The molecular formula is C17H19N3O2. The Hall–Kier alpha value is -2.69. The lowest BCUT2D eigenvalue weighted by Gasteiger charge is -2.22. The van der Waals surface area contributed by atoms with Gasteiger partial charge in [-0.15, -0.1) is 0 Å². The largest absolute Gasteiger partial charge is 0.349 e. The number of nitrogens with one attached hydrogen (secondary N) is 1. The maximum Gasteiger partial charge on any atom is 0.240 e. The van der Waals surface area contributed by atoms with Gasteiger partial charge in [-0.2, -0.15) is 0 Å². The molecule has 0 fully saturated rings. The second-order valence-electron chi connectivity index (χ2n) is 4.99. The molecule has 0 bridgehead atoms. The fourth-order valence-electron chi connectivity index (χ4n) is 2.12. The quantitative estimate of drug-likeness (QED) is 0.919. The van der Waals surface area contributed by atoms with Crippen molar-refractivity contribution in [1.29, 1.82) is 0 Å². The van der Waals surface area contributed by atoms with Crippen LogP contribution in [0.15, 0.2) is 48.7 Å². The molecule has 0 aliphatic rings. The first-order chi connectivity index (χ1) is 10.6. The number of carbonyl (C=O) groups excluding carboxylic acids is 2. The number of benzene rings is 1. The number of aromatic nitrogens is 1. The standard InChI is InChI=1S/C17H19N3O2/c1-13-7-3-4-9-16(13)20(14(2)21)12-17(22)19-11-15-8-5-6-10-18-15/h3-10H,11-12H2,1-2H3,(H,19,22). The topological polar surface area (TPSA) is 62.3 Å². The zero-order valence-corrected chi connectivity index (χ0v) is 12.7. The summed E-state index contributed by atoms with van der Waals surface area (Å²) in [5.41, 5.74) is 2.49. The molecule has 1 N–H and O–H groups in total. The van der Waals surface area contributed by atoms with E-state index in [0.29, 0.717) is 6.54 Å². The molecule has 0 aliphatic heterocycles. The molecule has 0 saturated carbocycles. The number of amides is 2. The molecule has 0 radical (unpaired) electrons. The van der Waals surface area contributed by atoms with Gasteiger partial charge in [-0.05, 0) is 30.7 Å². The van der Waals surface area contributed by atoms with Crippen molar-refractivity contribution < 1.29 is 9.59 Å². The van der Waals surface area contributed by atoms with E-state index in [4.69, 9.17) is 0 Å². The van der Waals surface area contributed by atoms with Gasteiger partial charge in [0, 0.05) is 18.8 Å². The summed E-state index contributed by atoms with van der Waals surface area (Å²) < 4.78 is 0. The highest BCUT2D eigenvalue weighted by atomic mass is 16.2. The van der Waals surface area contributed by atoms with E-state index in [9.17, 15) is 9.59 Å². The van der Waals surface area contributed by atoms with Crippen LogP contribution in [0.3, 0.4) is 0 Å². The van der Waals surface area contributed by atoms with E-state index in [0.717, 1.165) is 16.9 Å². The average Bonchev–Trinajstić information content (AvgIpc) is 2.52. The highest BCUT2D eigenvalue weighted by molar-refractivity contribution is 5.98. The van der Waals surface area contributed by atoms with Crippen LogP contribution >= 0.6 is 0 Å². The van der Waals surface area contributed by atoms with Gasteiger partial charge < -0.3 is 10.2 Å². The van der Waals surface area contributed by atoms with Gasteiger partial charge in [0.15, 0.2) is 0 Å². The number of hydrogen-bond acceptors (Lipinski definition) is 3. The highest BCUT2D eigenvalue weighted by Crippen LogP contribution is 2.19. The predicted octanol–water partition coefficient (Wildman–Crippen LogP) is 2.06. The first-order valence-corrected chi connectivity index (χ1v) is 7.08. The van der Waals surface area contributed by atoms with Crippen LogP contribution in [0.1, 0.15) is 18.2 Å². The Labute approximate surface area is 130 Å². The molecule has 2 amide bonds. The second-order valence-corrected chi connectivity index (χ2v) is 4.99. The molecule has 1 heterocycles. The first-order valence-electron chi connectivity index (χ1n) is 7.08. The predicted molar refractivity (Wildman–Crippen MR) is 85.3 cm³/mol. The third-order valence-corrected chi connectivity index (χ3v) is 3.28. The number of carbonyl (C=O) groups is 2. The van der Waals surface area contributed by atoms with Crippen LogP contribution in [0.5, 0.6) is 0 Å². The zero-order valence-electron chi connectivity index (χ0n) is 12.7. The molecule has 0 spiro atoms. The van der Waals surface area contributed by atoms with Gasteiger partial charge >= 0.3 is 0 Å². The molecule has 114 valence electrons. The second kappa shape index (κ2) is 7.36. The summed E-state index contributed by atoms with van der Waals surface area (Å²) in [5.74, 6) is -0.383. The maximum absolute atomic E-state index is 12.1. The minimum atomic E-state index is -0.218. The van der Waals surface area contributed by atoms with Crippen molar-refractivity contribution in [3.05, 3.63) is 59.9 Å². The SMILES string of the molecule is CC(=O)N(CC(=O)NCc1ccccn1)c1ccccc1C. The van der Waals surface area contributed by atoms with E-state index in [-0.39, 0.29) is 18.4 Å². The summed E-state index contributed by atoms with van der Waals surface area (Å²) in [6, 6.07) is 13.0. The van der Waals surface area contributed by atoms with Crippen LogP contribution in [0.25, 0.3) is 0 Å². The number of para-hydroxylation sites is 1. The van der Waals surface area contributed by atoms with Crippen LogP contribution < -0.4 is 10.2 Å². The minimum absolute atomic E-state index is 0.00692. The lowest BCUT2D eigenvalue weighted by Crippen LogP contribution is -2.40. The lowest BCUT2D eigenvalue weighted by molar-refractivity contribution is -0.123. The summed E-state index contributed by atoms with van der Waals surface area (Å²) in [4.78, 5) is 29.5. The van der Waals surface area contributed by atoms with Crippen molar-refractivity contribution in [1.82, 2.24) is 10.3 Å². The molecule has 1 aromatic heterocycles. The van der Waals surface area contributed by atoms with Crippen LogP contribution in [-0.2, 0) is 16.1 Å². The average molecular weight is 297 g/mol. The number of anilines is 1. The zero-order chi connectivity index (χ0) is 15.9. The molecule has 0 atom stereocenters. The lowest BCUT2D eigenvalue weighted by atomic mass is 10.2. The van der Waals surface area contributed by atoms with E-state index < -0.39 is 0 Å². The molecule has 5 heteroatoms. The van der Waals surface area contributed by atoms with Crippen LogP contribution in [-0.4, -0.2) is 23.3 Å². The maximum atomic E-state index is 12.1. The third-order valence-electron chi connectivity index (χ3n) is 3.28. The molecule has 0 aliphatic carbocycles. The number of nitrogens with zero attached hydrogens (tertiary/aromatic N) is 2. The fraction of sp³-hybridized carbons (Fsp3) is 0.235. The third kappa shape index (κ3) is 4.15. The van der Waals surface area contributed by atoms with Crippen molar-refractivity contribution in [2.45, 2.75) is 20.4 Å². The Morgan fingerprint density at radius 3 is 2.50 bits per heavy atom. The highest BCUT2D eigenvalue weighted by Gasteiger charge is 2.17. The smallest absolute Gasteiger partial charge is 0.240 e. The number of aryl methyl sites for hydroxylation is 1. The molecule has 1 aromatic carbocycles. The van der Waals surface area contributed by atoms with Crippen molar-refractivity contribution in [3.63, 3.8) is 0 Å². The molecule has 0 saturated heterocycles. The van der Waals surface area contributed by atoms with E-state index in [1.54, 1.807) is 6.20 Å².